The molecule has 0 spiro atoms. The highest BCUT2D eigenvalue weighted by molar-refractivity contribution is 5.93. The molecule has 1 aliphatic heterocycles. The van der Waals surface area contributed by atoms with Crippen LogP contribution in [0.25, 0.3) is 10.9 Å². The van der Waals surface area contributed by atoms with Gasteiger partial charge < -0.3 is 26.0 Å². The summed E-state index contributed by atoms with van der Waals surface area (Å²) in [5.41, 5.74) is 8.82. The molecule has 3 unspecified atom stereocenters. The molecule has 0 saturated carbocycles. The predicted molar refractivity (Wildman–Crippen MR) is 124 cm³/mol. The van der Waals surface area contributed by atoms with Crippen molar-refractivity contribution in [2.24, 2.45) is 5.73 Å². The maximum absolute atomic E-state index is 13.0. The van der Waals surface area contributed by atoms with Crippen LogP contribution in [0, 0.1) is 0 Å². The van der Waals surface area contributed by atoms with Crippen molar-refractivity contribution in [3.63, 3.8) is 0 Å². The van der Waals surface area contributed by atoms with Gasteiger partial charge >= 0.3 is 5.97 Å². The third-order valence-corrected chi connectivity index (χ3v) is 6.17. The van der Waals surface area contributed by atoms with Gasteiger partial charge in [-0.15, -0.1) is 0 Å². The number of nitrogens with two attached hydrogens (primary N) is 1. The number of H-pyrrole nitrogens is 1. The van der Waals surface area contributed by atoms with E-state index in [0.29, 0.717) is 25.8 Å². The molecule has 4 rings (SSSR count). The quantitative estimate of drug-likeness (QED) is 0.418. The number of nitrogens with zero attached hydrogens (tertiary/aromatic N) is 1. The van der Waals surface area contributed by atoms with Crippen LogP contribution < -0.4 is 11.1 Å². The summed E-state index contributed by atoms with van der Waals surface area (Å²) in [4.78, 5) is 42.5. The molecule has 0 aliphatic carbocycles. The molecule has 2 amide bonds. The fourth-order valence-corrected chi connectivity index (χ4v) is 4.46. The number of aromatic nitrogens is 1. The van der Waals surface area contributed by atoms with E-state index in [1.807, 2.05) is 54.6 Å². The number of hydrogen-bond acceptors (Lipinski definition) is 4. The van der Waals surface area contributed by atoms with Gasteiger partial charge in [0.05, 0.1) is 6.04 Å². The fraction of sp³-hybridized carbons (Fsp3) is 0.320. The van der Waals surface area contributed by atoms with Crippen LogP contribution in [0.2, 0.25) is 0 Å². The first kappa shape index (κ1) is 22.5. The number of hydrogen-bond donors (Lipinski definition) is 4. The highest BCUT2D eigenvalue weighted by atomic mass is 16.4. The number of carboxylic acid groups (broad SMARTS) is 1. The second kappa shape index (κ2) is 9.87. The normalized spacial score (nSPS) is 17.6. The topological polar surface area (TPSA) is 129 Å². The molecule has 172 valence electrons. The average Bonchev–Trinajstić information content (AvgIpc) is 3.46. The molecule has 0 radical (unpaired) electrons. The third kappa shape index (κ3) is 5.06. The Morgan fingerprint density at radius 1 is 1.09 bits per heavy atom. The van der Waals surface area contributed by atoms with Gasteiger partial charge in [-0.25, -0.2) is 4.79 Å². The van der Waals surface area contributed by atoms with E-state index in [1.54, 1.807) is 6.20 Å². The molecule has 3 atom stereocenters. The van der Waals surface area contributed by atoms with Gasteiger partial charge in [0.25, 0.3) is 0 Å². The Balaban J connectivity index is 1.43. The second-order valence-corrected chi connectivity index (χ2v) is 8.45. The lowest BCUT2D eigenvalue weighted by Crippen LogP contribution is -2.54. The van der Waals surface area contributed by atoms with Gasteiger partial charge in [0.15, 0.2) is 0 Å². The third-order valence-electron chi connectivity index (χ3n) is 6.17. The molecule has 8 heteroatoms. The van der Waals surface area contributed by atoms with Gasteiger partial charge in [0, 0.05) is 30.1 Å². The minimum atomic E-state index is -1.12. The highest BCUT2D eigenvalue weighted by Gasteiger charge is 2.37. The summed E-state index contributed by atoms with van der Waals surface area (Å²) in [6.45, 7) is 0.430. The number of aromatic amines is 1. The van der Waals surface area contributed by atoms with Crippen molar-refractivity contribution < 1.29 is 19.5 Å². The zero-order valence-electron chi connectivity index (χ0n) is 18.2. The largest absolute Gasteiger partial charge is 0.480 e. The van der Waals surface area contributed by atoms with Crippen molar-refractivity contribution in [1.29, 1.82) is 0 Å². The lowest BCUT2D eigenvalue weighted by atomic mass is 10.0. The molecule has 1 saturated heterocycles. The molecular formula is C25H28N4O4. The molecule has 3 aromatic rings. The fourth-order valence-electron chi connectivity index (χ4n) is 4.46. The van der Waals surface area contributed by atoms with Crippen LogP contribution in [0.5, 0.6) is 0 Å². The van der Waals surface area contributed by atoms with E-state index in [0.717, 1.165) is 22.0 Å². The number of fused-ring (bicyclic) bond motifs is 1. The minimum absolute atomic E-state index is 0.138. The summed E-state index contributed by atoms with van der Waals surface area (Å²) >= 11 is 0. The van der Waals surface area contributed by atoms with Crippen LogP contribution in [0.1, 0.15) is 24.0 Å². The zero-order chi connectivity index (χ0) is 23.4. The van der Waals surface area contributed by atoms with Crippen molar-refractivity contribution in [2.75, 3.05) is 6.54 Å². The predicted octanol–water partition coefficient (Wildman–Crippen LogP) is 1.84. The summed E-state index contributed by atoms with van der Waals surface area (Å²) < 4.78 is 0. The summed E-state index contributed by atoms with van der Waals surface area (Å²) in [6.07, 6.45) is 3.43. The average molecular weight is 449 g/mol. The Hall–Kier alpha value is -3.65. The highest BCUT2D eigenvalue weighted by Crippen LogP contribution is 2.21. The number of carboxylic acids is 1. The Morgan fingerprint density at radius 3 is 2.58 bits per heavy atom. The van der Waals surface area contributed by atoms with Crippen LogP contribution in [-0.2, 0) is 27.2 Å². The number of nitrogens with one attached hydrogen (secondary N) is 2. The van der Waals surface area contributed by atoms with Gasteiger partial charge in [0.1, 0.15) is 12.1 Å². The zero-order valence-corrected chi connectivity index (χ0v) is 18.2. The van der Waals surface area contributed by atoms with E-state index in [2.05, 4.69) is 10.3 Å². The molecule has 1 fully saturated rings. The van der Waals surface area contributed by atoms with Crippen molar-refractivity contribution in [1.82, 2.24) is 15.2 Å². The molecule has 2 heterocycles. The molecule has 1 aromatic heterocycles. The van der Waals surface area contributed by atoms with Crippen molar-refractivity contribution in [3.05, 3.63) is 71.9 Å². The monoisotopic (exact) mass is 448 g/mol. The Morgan fingerprint density at radius 2 is 1.82 bits per heavy atom. The van der Waals surface area contributed by atoms with Gasteiger partial charge in [-0.2, -0.15) is 0 Å². The Labute approximate surface area is 191 Å². The number of aliphatic carboxylic acids is 1. The number of rotatable bonds is 8. The molecule has 1 aliphatic rings. The Bertz CT molecular complexity index is 1140. The maximum Gasteiger partial charge on any atom is 0.326 e. The van der Waals surface area contributed by atoms with Crippen LogP contribution >= 0.6 is 0 Å². The molecule has 2 aromatic carbocycles. The second-order valence-electron chi connectivity index (χ2n) is 8.45. The number of para-hydroxylation sites is 1. The first-order chi connectivity index (χ1) is 15.9. The number of carbonyl (C=O) groups excluding carboxylic acids is 2. The van der Waals surface area contributed by atoms with Crippen LogP contribution in [0.15, 0.2) is 60.8 Å². The van der Waals surface area contributed by atoms with Crippen molar-refractivity contribution >= 4 is 28.7 Å². The van der Waals surface area contributed by atoms with Crippen molar-refractivity contribution in [3.8, 4) is 0 Å². The van der Waals surface area contributed by atoms with Gasteiger partial charge in [0.2, 0.25) is 11.8 Å². The standard InChI is InChI=1S/C25H28N4O4/c26-19(13-16-7-2-1-3-8-16)24(31)29-12-6-11-22(29)23(30)28-21(25(32)33)14-17-15-27-20-10-5-4-9-18(17)20/h1-5,7-10,15,19,21-22,27H,6,11-14,26H2,(H,28,30)(H,32,33). The molecule has 5 N–H and O–H groups in total. The first-order valence-corrected chi connectivity index (χ1v) is 11.1. The molecule has 8 nitrogen and oxygen atoms in total. The van der Waals surface area contributed by atoms with Crippen LogP contribution in [0.4, 0.5) is 0 Å². The van der Waals surface area contributed by atoms with Gasteiger partial charge in [-0.05, 0) is 36.5 Å². The number of amides is 2. The summed E-state index contributed by atoms with van der Waals surface area (Å²) in [5.74, 6) is -1.87. The SMILES string of the molecule is NC(Cc1ccccc1)C(=O)N1CCCC1C(=O)NC(Cc1c[nH]c2ccccc12)C(=O)O. The molecule has 33 heavy (non-hydrogen) atoms. The van der Waals surface area contributed by atoms with E-state index in [4.69, 9.17) is 5.73 Å². The van der Waals surface area contributed by atoms with E-state index >= 15 is 0 Å². The van der Waals surface area contributed by atoms with E-state index in [9.17, 15) is 19.5 Å². The summed E-state index contributed by atoms with van der Waals surface area (Å²) in [7, 11) is 0. The number of benzene rings is 2. The van der Waals surface area contributed by atoms with Gasteiger partial charge in [-0.1, -0.05) is 48.5 Å². The minimum Gasteiger partial charge on any atom is -0.480 e. The number of carbonyl (C=O) groups is 3. The van der Waals surface area contributed by atoms with Crippen LogP contribution in [0.3, 0.4) is 0 Å². The van der Waals surface area contributed by atoms with E-state index in [1.165, 1.54) is 4.90 Å². The number of likely N-dealkylation sites (tertiary alicyclic amines) is 1. The van der Waals surface area contributed by atoms with Crippen molar-refractivity contribution in [2.45, 2.75) is 43.8 Å². The summed E-state index contributed by atoms with van der Waals surface area (Å²) in [6, 6.07) is 14.5. The Kier molecular flexibility index (Phi) is 6.74. The lowest BCUT2D eigenvalue weighted by molar-refractivity contribution is -0.144. The van der Waals surface area contributed by atoms with Crippen LogP contribution in [-0.4, -0.2) is 57.4 Å². The first-order valence-electron chi connectivity index (χ1n) is 11.1. The van der Waals surface area contributed by atoms with Gasteiger partial charge in [-0.3, -0.25) is 9.59 Å². The van der Waals surface area contributed by atoms with E-state index < -0.39 is 30.0 Å². The summed E-state index contributed by atoms with van der Waals surface area (Å²) in [5, 5.41) is 13.3. The van der Waals surface area contributed by atoms with E-state index in [-0.39, 0.29) is 12.3 Å². The smallest absolute Gasteiger partial charge is 0.326 e. The molecule has 0 bridgehead atoms. The maximum atomic E-state index is 13.0. The molecular weight excluding hydrogens is 420 g/mol. The lowest BCUT2D eigenvalue weighted by Gasteiger charge is -2.28.